The number of nitrogens with zero attached hydrogens (tertiary/aromatic N) is 3. The van der Waals surface area contributed by atoms with Crippen molar-refractivity contribution in [2.75, 3.05) is 12.9 Å². The predicted octanol–water partition coefficient (Wildman–Crippen LogP) is 4.77. The first-order valence-electron chi connectivity index (χ1n) is 9.27. The van der Waals surface area contributed by atoms with Gasteiger partial charge in [0.2, 0.25) is 0 Å². The van der Waals surface area contributed by atoms with Crippen LogP contribution in [0.4, 0.5) is 0 Å². The number of rotatable bonds is 7. The van der Waals surface area contributed by atoms with Gasteiger partial charge in [-0.2, -0.15) is 0 Å². The van der Waals surface area contributed by atoms with E-state index in [1.165, 1.54) is 11.8 Å². The molecule has 0 bridgehead atoms. The van der Waals surface area contributed by atoms with Crippen LogP contribution in [-0.2, 0) is 0 Å². The van der Waals surface area contributed by atoms with Crippen LogP contribution in [0, 0.1) is 0 Å². The summed E-state index contributed by atoms with van der Waals surface area (Å²) in [4.78, 5) is 0. The lowest BCUT2D eigenvalue weighted by molar-refractivity contribution is 0.204. The van der Waals surface area contributed by atoms with Crippen LogP contribution in [0.3, 0.4) is 0 Å². The molecule has 5 nitrogen and oxygen atoms in total. The Labute approximate surface area is 174 Å². The maximum absolute atomic E-state index is 10.5. The standard InChI is InChI=1S/C23H21N3O2S/c1-28-20-14-12-18(13-15-20)22-24-25-23(26(22)19-10-6-3-7-11-19)29-16-21(27)17-8-4-2-5-9-17/h2-15,21,27H,16H2,1H3/t21-/m0/s1. The molecule has 0 fully saturated rings. The third-order valence-corrected chi connectivity index (χ3v) is 5.56. The topological polar surface area (TPSA) is 60.2 Å². The van der Waals surface area contributed by atoms with Crippen molar-refractivity contribution in [2.45, 2.75) is 11.3 Å². The molecule has 146 valence electrons. The molecule has 3 aromatic carbocycles. The van der Waals surface area contributed by atoms with Crippen LogP contribution in [0.5, 0.6) is 5.75 Å². The van der Waals surface area contributed by atoms with Crippen LogP contribution < -0.4 is 4.74 Å². The number of methoxy groups -OCH3 is 1. The van der Waals surface area contributed by atoms with Gasteiger partial charge in [-0.1, -0.05) is 60.3 Å². The van der Waals surface area contributed by atoms with Crippen molar-refractivity contribution in [3.05, 3.63) is 90.5 Å². The third-order valence-electron chi connectivity index (χ3n) is 4.55. The number of aliphatic hydroxyl groups excluding tert-OH is 1. The smallest absolute Gasteiger partial charge is 0.196 e. The van der Waals surface area contributed by atoms with Gasteiger partial charge in [0.1, 0.15) is 5.75 Å². The Kier molecular flexibility index (Phi) is 5.93. The number of ether oxygens (including phenoxy) is 1. The van der Waals surface area contributed by atoms with Gasteiger partial charge >= 0.3 is 0 Å². The van der Waals surface area contributed by atoms with Gasteiger partial charge in [-0.15, -0.1) is 10.2 Å². The highest BCUT2D eigenvalue weighted by molar-refractivity contribution is 7.99. The minimum Gasteiger partial charge on any atom is -0.497 e. The zero-order valence-corrected chi connectivity index (χ0v) is 16.8. The average Bonchev–Trinajstić information content (AvgIpc) is 3.22. The van der Waals surface area contributed by atoms with Gasteiger partial charge in [-0.25, -0.2) is 0 Å². The van der Waals surface area contributed by atoms with Crippen molar-refractivity contribution >= 4 is 11.8 Å². The highest BCUT2D eigenvalue weighted by Crippen LogP contribution is 2.30. The maximum atomic E-state index is 10.5. The molecule has 1 aromatic heterocycles. The van der Waals surface area contributed by atoms with Crippen molar-refractivity contribution in [1.82, 2.24) is 14.8 Å². The van der Waals surface area contributed by atoms with E-state index in [1.54, 1.807) is 7.11 Å². The van der Waals surface area contributed by atoms with Gasteiger partial charge < -0.3 is 9.84 Å². The lowest BCUT2D eigenvalue weighted by atomic mass is 10.1. The summed E-state index contributed by atoms with van der Waals surface area (Å²) in [6.45, 7) is 0. The Bertz CT molecular complexity index is 1050. The highest BCUT2D eigenvalue weighted by atomic mass is 32.2. The number of aromatic nitrogens is 3. The molecule has 0 saturated heterocycles. The molecule has 4 rings (SSSR count). The molecule has 1 heterocycles. The lowest BCUT2D eigenvalue weighted by Crippen LogP contribution is -2.03. The molecule has 0 radical (unpaired) electrons. The molecular weight excluding hydrogens is 382 g/mol. The molecule has 0 aliphatic heterocycles. The first kappa shape index (κ1) is 19.2. The van der Waals surface area contributed by atoms with Crippen LogP contribution in [0.25, 0.3) is 17.1 Å². The Morgan fingerprint density at radius 1 is 0.897 bits per heavy atom. The molecule has 6 heteroatoms. The van der Waals surface area contributed by atoms with E-state index >= 15 is 0 Å². The highest BCUT2D eigenvalue weighted by Gasteiger charge is 2.18. The van der Waals surface area contributed by atoms with Crippen molar-refractivity contribution < 1.29 is 9.84 Å². The van der Waals surface area contributed by atoms with Crippen molar-refractivity contribution in [1.29, 1.82) is 0 Å². The number of benzene rings is 3. The number of hydrogen-bond donors (Lipinski definition) is 1. The maximum Gasteiger partial charge on any atom is 0.196 e. The monoisotopic (exact) mass is 403 g/mol. The molecule has 0 spiro atoms. The van der Waals surface area contributed by atoms with Gasteiger partial charge in [0.15, 0.2) is 11.0 Å². The molecule has 0 unspecified atom stereocenters. The summed E-state index contributed by atoms with van der Waals surface area (Å²) < 4.78 is 7.28. The number of thioether (sulfide) groups is 1. The Balaban J connectivity index is 1.66. The minimum atomic E-state index is -0.577. The lowest BCUT2D eigenvalue weighted by Gasteiger charge is -2.13. The van der Waals surface area contributed by atoms with E-state index in [0.717, 1.165) is 33.5 Å². The largest absolute Gasteiger partial charge is 0.497 e. The zero-order valence-electron chi connectivity index (χ0n) is 16.0. The number of aliphatic hydroxyl groups is 1. The molecule has 1 N–H and O–H groups in total. The van der Waals surface area contributed by atoms with Gasteiger partial charge in [0.25, 0.3) is 0 Å². The van der Waals surface area contributed by atoms with Crippen LogP contribution >= 0.6 is 11.8 Å². The molecule has 0 amide bonds. The average molecular weight is 404 g/mol. The van der Waals surface area contributed by atoms with E-state index < -0.39 is 6.10 Å². The third kappa shape index (κ3) is 4.34. The second kappa shape index (κ2) is 8.94. The molecule has 1 atom stereocenters. The van der Waals surface area contributed by atoms with Crippen LogP contribution in [0.1, 0.15) is 11.7 Å². The second-order valence-corrected chi connectivity index (χ2v) is 7.43. The molecule has 0 saturated carbocycles. The van der Waals surface area contributed by atoms with Gasteiger partial charge in [0, 0.05) is 17.0 Å². The fourth-order valence-corrected chi connectivity index (χ4v) is 3.94. The van der Waals surface area contributed by atoms with Crippen molar-refractivity contribution in [2.24, 2.45) is 0 Å². The van der Waals surface area contributed by atoms with E-state index in [2.05, 4.69) is 10.2 Å². The van der Waals surface area contributed by atoms with E-state index in [4.69, 9.17) is 4.74 Å². The van der Waals surface area contributed by atoms with Crippen molar-refractivity contribution in [3.63, 3.8) is 0 Å². The summed E-state index contributed by atoms with van der Waals surface area (Å²) in [5, 5.41) is 20.1. The molecule has 4 aromatic rings. The van der Waals surface area contributed by atoms with E-state index in [9.17, 15) is 5.11 Å². The number of para-hydroxylation sites is 1. The van der Waals surface area contributed by atoms with Crippen LogP contribution in [0.2, 0.25) is 0 Å². The molecular formula is C23H21N3O2S. The summed E-state index contributed by atoms with van der Waals surface area (Å²) >= 11 is 1.48. The summed E-state index contributed by atoms with van der Waals surface area (Å²) in [7, 11) is 1.65. The summed E-state index contributed by atoms with van der Waals surface area (Å²) in [6.07, 6.45) is -0.577. The first-order valence-corrected chi connectivity index (χ1v) is 10.3. The summed E-state index contributed by atoms with van der Waals surface area (Å²) in [6, 6.07) is 27.4. The summed E-state index contributed by atoms with van der Waals surface area (Å²) in [5.74, 6) is 2.02. The quantitative estimate of drug-likeness (QED) is 0.451. The normalized spacial score (nSPS) is 11.9. The Hall–Kier alpha value is -3.09. The SMILES string of the molecule is COc1ccc(-c2nnc(SC[C@H](O)c3ccccc3)n2-c2ccccc2)cc1. The first-order chi connectivity index (χ1) is 14.3. The van der Waals surface area contributed by atoms with E-state index in [1.807, 2.05) is 89.5 Å². The fourth-order valence-electron chi connectivity index (χ4n) is 3.03. The minimum absolute atomic E-state index is 0.484. The van der Waals surface area contributed by atoms with Crippen LogP contribution in [0.15, 0.2) is 90.1 Å². The number of hydrogen-bond acceptors (Lipinski definition) is 5. The predicted molar refractivity (Wildman–Crippen MR) is 115 cm³/mol. The molecule has 0 aliphatic rings. The second-order valence-electron chi connectivity index (χ2n) is 6.44. The van der Waals surface area contributed by atoms with E-state index in [0.29, 0.717) is 5.75 Å². The fraction of sp³-hybridized carbons (Fsp3) is 0.130. The molecule has 29 heavy (non-hydrogen) atoms. The van der Waals surface area contributed by atoms with Gasteiger partial charge in [0.05, 0.1) is 13.2 Å². The van der Waals surface area contributed by atoms with E-state index in [-0.39, 0.29) is 0 Å². The van der Waals surface area contributed by atoms with Crippen molar-refractivity contribution in [3.8, 4) is 22.8 Å². The Morgan fingerprint density at radius 2 is 1.55 bits per heavy atom. The van der Waals surface area contributed by atoms with Gasteiger partial charge in [-0.3, -0.25) is 4.57 Å². The zero-order chi connectivity index (χ0) is 20.1. The van der Waals surface area contributed by atoms with Crippen LogP contribution in [-0.4, -0.2) is 32.7 Å². The van der Waals surface area contributed by atoms with Gasteiger partial charge in [-0.05, 0) is 42.0 Å². The molecule has 0 aliphatic carbocycles. The Morgan fingerprint density at radius 3 is 2.21 bits per heavy atom. The summed E-state index contributed by atoms with van der Waals surface area (Å²) in [5.41, 5.74) is 2.80.